The molecule has 1 aromatic carbocycles. The fourth-order valence-electron chi connectivity index (χ4n) is 1.75. The smallest absolute Gasteiger partial charge is 0.256 e. The molecule has 0 spiro atoms. The van der Waals surface area contributed by atoms with Crippen molar-refractivity contribution in [3.05, 3.63) is 46.7 Å². The van der Waals surface area contributed by atoms with Gasteiger partial charge in [0.25, 0.3) is 5.22 Å². The van der Waals surface area contributed by atoms with E-state index in [-0.39, 0.29) is 0 Å². The molecule has 0 saturated carbocycles. The first-order valence-electron chi connectivity index (χ1n) is 6.13. The first-order chi connectivity index (χ1) is 9.42. The van der Waals surface area contributed by atoms with Crippen LogP contribution in [-0.4, -0.2) is 17.3 Å². The van der Waals surface area contributed by atoms with Crippen LogP contribution >= 0.6 is 23.1 Å². The molecule has 0 amide bonds. The number of benzene rings is 1. The van der Waals surface area contributed by atoms with E-state index in [0.717, 1.165) is 35.2 Å². The summed E-state index contributed by atoms with van der Waals surface area (Å²) in [5.74, 6) is 0.957. The molecular formula is C14H14N2OS2. The maximum absolute atomic E-state index is 5.65. The summed E-state index contributed by atoms with van der Waals surface area (Å²) in [6.07, 6.45) is 0. The van der Waals surface area contributed by atoms with Gasteiger partial charge in [0.15, 0.2) is 5.58 Å². The van der Waals surface area contributed by atoms with Gasteiger partial charge in [0.1, 0.15) is 5.52 Å². The van der Waals surface area contributed by atoms with Crippen molar-refractivity contribution in [3.8, 4) is 0 Å². The molecule has 0 atom stereocenters. The summed E-state index contributed by atoms with van der Waals surface area (Å²) in [5, 5.41) is 6.26. The van der Waals surface area contributed by atoms with Crippen molar-refractivity contribution in [2.45, 2.75) is 11.8 Å². The Bertz CT molecular complexity index is 601. The molecule has 3 nitrogen and oxygen atoms in total. The normalized spacial score (nSPS) is 11.2. The molecule has 3 aromatic rings. The van der Waals surface area contributed by atoms with E-state index in [1.165, 1.54) is 4.88 Å². The van der Waals surface area contributed by atoms with E-state index in [4.69, 9.17) is 4.42 Å². The Kier molecular flexibility index (Phi) is 4.17. The highest BCUT2D eigenvalue weighted by molar-refractivity contribution is 7.99. The van der Waals surface area contributed by atoms with Crippen molar-refractivity contribution in [2.24, 2.45) is 0 Å². The highest BCUT2D eigenvalue weighted by atomic mass is 32.2. The molecule has 0 radical (unpaired) electrons. The van der Waals surface area contributed by atoms with Gasteiger partial charge >= 0.3 is 0 Å². The lowest BCUT2D eigenvalue weighted by molar-refractivity contribution is 0.489. The van der Waals surface area contributed by atoms with Crippen molar-refractivity contribution in [1.29, 1.82) is 0 Å². The lowest BCUT2D eigenvalue weighted by Gasteiger charge is -2.00. The summed E-state index contributed by atoms with van der Waals surface area (Å²) < 4.78 is 5.65. The number of thiophene rings is 1. The number of fused-ring (bicyclic) bond motifs is 1. The second-order valence-corrected chi connectivity index (χ2v) is 6.13. The molecule has 0 fully saturated rings. The minimum atomic E-state index is 0.749. The molecule has 5 heteroatoms. The van der Waals surface area contributed by atoms with Crippen molar-refractivity contribution in [3.63, 3.8) is 0 Å². The van der Waals surface area contributed by atoms with Gasteiger partial charge in [-0.3, -0.25) is 0 Å². The predicted molar refractivity (Wildman–Crippen MR) is 80.8 cm³/mol. The van der Waals surface area contributed by atoms with Crippen LogP contribution in [0.15, 0.2) is 51.4 Å². The molecule has 1 N–H and O–H groups in total. The maximum atomic E-state index is 5.65. The Morgan fingerprint density at radius 2 is 2.16 bits per heavy atom. The van der Waals surface area contributed by atoms with Gasteiger partial charge in [0.2, 0.25) is 0 Å². The zero-order valence-electron chi connectivity index (χ0n) is 10.3. The number of para-hydroxylation sites is 2. The summed E-state index contributed by atoms with van der Waals surface area (Å²) in [7, 11) is 0. The molecular weight excluding hydrogens is 276 g/mol. The molecule has 2 aromatic heterocycles. The van der Waals surface area contributed by atoms with Gasteiger partial charge in [-0.2, -0.15) is 0 Å². The highest BCUT2D eigenvalue weighted by Gasteiger charge is 2.04. The number of nitrogens with one attached hydrogen (secondary N) is 1. The van der Waals surface area contributed by atoms with Gasteiger partial charge in [0, 0.05) is 23.7 Å². The SMILES string of the molecule is c1csc(CNCCSc2nc3ccccc3o2)c1. The van der Waals surface area contributed by atoms with E-state index in [2.05, 4.69) is 27.8 Å². The number of aromatic nitrogens is 1. The fourth-order valence-corrected chi connectivity index (χ4v) is 3.16. The third-order valence-electron chi connectivity index (χ3n) is 2.66. The van der Waals surface area contributed by atoms with Gasteiger partial charge < -0.3 is 9.73 Å². The number of rotatable bonds is 6. The number of hydrogen-bond donors (Lipinski definition) is 1. The molecule has 0 saturated heterocycles. The van der Waals surface area contributed by atoms with Crippen LogP contribution in [0.25, 0.3) is 11.1 Å². The topological polar surface area (TPSA) is 38.1 Å². The Balaban J connectivity index is 1.44. The molecule has 98 valence electrons. The van der Waals surface area contributed by atoms with Gasteiger partial charge in [-0.05, 0) is 23.6 Å². The molecule has 3 rings (SSSR count). The van der Waals surface area contributed by atoms with E-state index in [1.807, 2.05) is 24.3 Å². The number of nitrogens with zero attached hydrogens (tertiary/aromatic N) is 1. The minimum absolute atomic E-state index is 0.749. The second-order valence-electron chi connectivity index (χ2n) is 4.05. The van der Waals surface area contributed by atoms with Crippen LogP contribution < -0.4 is 5.32 Å². The zero-order valence-corrected chi connectivity index (χ0v) is 12.0. The lowest BCUT2D eigenvalue weighted by Crippen LogP contribution is -2.15. The lowest BCUT2D eigenvalue weighted by atomic mass is 10.3. The third kappa shape index (κ3) is 3.37. The molecule has 2 heterocycles. The number of hydrogen-bond acceptors (Lipinski definition) is 5. The van der Waals surface area contributed by atoms with Crippen LogP contribution in [0.1, 0.15) is 4.88 Å². The molecule has 0 unspecified atom stereocenters. The Hall–Kier alpha value is -1.30. The van der Waals surface area contributed by atoms with Gasteiger partial charge in [-0.15, -0.1) is 11.3 Å². The van der Waals surface area contributed by atoms with Crippen LogP contribution in [0.3, 0.4) is 0 Å². The average Bonchev–Trinajstić information content (AvgIpc) is 3.06. The van der Waals surface area contributed by atoms with Crippen LogP contribution in [0.4, 0.5) is 0 Å². The van der Waals surface area contributed by atoms with Crippen LogP contribution in [0.5, 0.6) is 0 Å². The Morgan fingerprint density at radius 1 is 1.21 bits per heavy atom. The summed E-state index contributed by atoms with van der Waals surface area (Å²) in [5.41, 5.74) is 1.79. The summed E-state index contributed by atoms with van der Waals surface area (Å²) in [6.45, 7) is 1.88. The highest BCUT2D eigenvalue weighted by Crippen LogP contribution is 2.22. The van der Waals surface area contributed by atoms with Gasteiger partial charge in [-0.25, -0.2) is 4.98 Å². The zero-order chi connectivity index (χ0) is 12.9. The molecule has 0 aliphatic heterocycles. The van der Waals surface area contributed by atoms with E-state index in [9.17, 15) is 0 Å². The molecule has 19 heavy (non-hydrogen) atoms. The second kappa shape index (κ2) is 6.23. The number of oxazole rings is 1. The molecule has 0 aliphatic rings. The van der Waals surface area contributed by atoms with E-state index >= 15 is 0 Å². The third-order valence-corrected chi connectivity index (χ3v) is 4.36. The van der Waals surface area contributed by atoms with Crippen LogP contribution in [0, 0.1) is 0 Å². The van der Waals surface area contributed by atoms with E-state index < -0.39 is 0 Å². The maximum Gasteiger partial charge on any atom is 0.256 e. The Labute approximate surface area is 120 Å². The van der Waals surface area contributed by atoms with Crippen molar-refractivity contribution >= 4 is 34.2 Å². The van der Waals surface area contributed by atoms with E-state index in [0.29, 0.717) is 0 Å². The Morgan fingerprint density at radius 3 is 3.00 bits per heavy atom. The summed E-state index contributed by atoms with van der Waals surface area (Å²) in [4.78, 5) is 5.80. The fraction of sp³-hybridized carbons (Fsp3) is 0.214. The quantitative estimate of drug-likeness (QED) is 0.554. The van der Waals surface area contributed by atoms with Crippen molar-refractivity contribution in [2.75, 3.05) is 12.3 Å². The summed E-state index contributed by atoms with van der Waals surface area (Å²) >= 11 is 3.43. The summed E-state index contributed by atoms with van der Waals surface area (Å²) in [6, 6.07) is 12.1. The van der Waals surface area contributed by atoms with Crippen LogP contribution in [-0.2, 0) is 6.54 Å². The van der Waals surface area contributed by atoms with Gasteiger partial charge in [0.05, 0.1) is 0 Å². The van der Waals surface area contributed by atoms with Gasteiger partial charge in [-0.1, -0.05) is 30.0 Å². The number of thioether (sulfide) groups is 1. The first kappa shape index (κ1) is 12.7. The van der Waals surface area contributed by atoms with Crippen molar-refractivity contribution in [1.82, 2.24) is 10.3 Å². The standard InChI is InChI=1S/C14H14N2OS2/c1-2-6-13-12(5-1)16-14(17-13)19-9-7-15-10-11-4-3-8-18-11/h1-6,8,15H,7,9-10H2. The monoisotopic (exact) mass is 290 g/mol. The first-order valence-corrected chi connectivity index (χ1v) is 8.00. The van der Waals surface area contributed by atoms with Crippen LogP contribution in [0.2, 0.25) is 0 Å². The predicted octanol–water partition coefficient (Wildman–Crippen LogP) is 3.77. The van der Waals surface area contributed by atoms with E-state index in [1.54, 1.807) is 23.1 Å². The average molecular weight is 290 g/mol. The molecule has 0 bridgehead atoms. The minimum Gasteiger partial charge on any atom is -0.431 e. The van der Waals surface area contributed by atoms with Crippen molar-refractivity contribution < 1.29 is 4.42 Å². The largest absolute Gasteiger partial charge is 0.431 e. The molecule has 0 aliphatic carbocycles.